The molecule has 4 atom stereocenters. The molecular weight excluding hydrogens is 264 g/mol. The maximum atomic E-state index is 9.76. The first kappa shape index (κ1) is 17.2. The molecule has 1 saturated heterocycles. The van der Waals surface area contributed by atoms with Crippen LogP contribution in [0.3, 0.4) is 0 Å². The third kappa shape index (κ3) is 6.00. The zero-order valence-corrected chi connectivity index (χ0v) is 12.6. The fraction of sp³-hybridized carbons (Fsp3) is 1.00. The van der Waals surface area contributed by atoms with Gasteiger partial charge in [-0.3, -0.25) is 0 Å². The molecule has 3 N–H and O–H groups in total. The zero-order valence-electron chi connectivity index (χ0n) is 11.8. The molecule has 5 heteroatoms. The molecule has 0 radical (unpaired) electrons. The highest BCUT2D eigenvalue weighted by Crippen LogP contribution is 2.24. The molecule has 0 aliphatic carbocycles. The Morgan fingerprint density at radius 2 is 1.58 bits per heavy atom. The Morgan fingerprint density at radius 1 is 0.947 bits per heavy atom. The van der Waals surface area contributed by atoms with Crippen molar-refractivity contribution in [3.8, 4) is 0 Å². The summed E-state index contributed by atoms with van der Waals surface area (Å²) in [6.07, 6.45) is 4.91. The van der Waals surface area contributed by atoms with Crippen LogP contribution in [0.5, 0.6) is 0 Å². The summed E-state index contributed by atoms with van der Waals surface area (Å²) < 4.78 is 5.42. The Morgan fingerprint density at radius 3 is 2.21 bits per heavy atom. The molecule has 4 unspecified atom stereocenters. The third-order valence-corrected chi connectivity index (χ3v) is 4.71. The Balaban J connectivity index is 2.01. The third-order valence-electron chi connectivity index (χ3n) is 3.57. The molecule has 1 rings (SSSR count). The standard InChI is InChI=1S/C14H28O4S/c1-2-3-4-5-6-7-8-19-10-12-14(17)13(16)11(9-15)18-12/h11-17H,2-10H2,1H3. The predicted octanol–water partition coefficient (Wildman–Crippen LogP) is 1.56. The lowest BCUT2D eigenvalue weighted by Crippen LogP contribution is -2.34. The lowest BCUT2D eigenvalue weighted by molar-refractivity contribution is -0.0161. The van der Waals surface area contributed by atoms with Gasteiger partial charge in [-0.2, -0.15) is 11.8 Å². The monoisotopic (exact) mass is 292 g/mol. The average molecular weight is 292 g/mol. The van der Waals surface area contributed by atoms with Crippen LogP contribution in [-0.4, -0.2) is 57.8 Å². The van der Waals surface area contributed by atoms with Crippen molar-refractivity contribution in [3.05, 3.63) is 0 Å². The lowest BCUT2D eigenvalue weighted by atomic mass is 10.1. The normalized spacial score (nSPS) is 30.9. The second-order valence-corrected chi connectivity index (χ2v) is 6.37. The van der Waals surface area contributed by atoms with E-state index in [1.807, 2.05) is 0 Å². The molecule has 1 fully saturated rings. The van der Waals surface area contributed by atoms with Gasteiger partial charge in [0.2, 0.25) is 0 Å². The van der Waals surface area contributed by atoms with Crippen molar-refractivity contribution in [1.82, 2.24) is 0 Å². The SMILES string of the molecule is CCCCCCCCSCC1OC(CO)C(O)C1O. The topological polar surface area (TPSA) is 69.9 Å². The van der Waals surface area contributed by atoms with Gasteiger partial charge in [-0.15, -0.1) is 0 Å². The predicted molar refractivity (Wildman–Crippen MR) is 78.5 cm³/mol. The summed E-state index contributed by atoms with van der Waals surface area (Å²) in [5.41, 5.74) is 0. The van der Waals surface area contributed by atoms with E-state index in [0.717, 1.165) is 5.75 Å². The molecular formula is C14H28O4S. The van der Waals surface area contributed by atoms with Crippen molar-refractivity contribution in [2.45, 2.75) is 69.9 Å². The second-order valence-electron chi connectivity index (χ2n) is 5.22. The van der Waals surface area contributed by atoms with Crippen molar-refractivity contribution in [1.29, 1.82) is 0 Å². The molecule has 4 nitrogen and oxygen atoms in total. The Bertz CT molecular complexity index is 227. The number of aliphatic hydroxyl groups is 3. The van der Waals surface area contributed by atoms with E-state index in [4.69, 9.17) is 9.84 Å². The van der Waals surface area contributed by atoms with Crippen molar-refractivity contribution in [3.63, 3.8) is 0 Å². The highest BCUT2D eigenvalue weighted by Gasteiger charge is 2.41. The second kappa shape index (κ2) is 10.00. The minimum Gasteiger partial charge on any atom is -0.394 e. The van der Waals surface area contributed by atoms with Crippen LogP contribution in [0.15, 0.2) is 0 Å². The highest BCUT2D eigenvalue weighted by molar-refractivity contribution is 7.99. The summed E-state index contributed by atoms with van der Waals surface area (Å²) in [7, 11) is 0. The largest absolute Gasteiger partial charge is 0.394 e. The fourth-order valence-corrected chi connectivity index (χ4v) is 3.38. The van der Waals surface area contributed by atoms with Gasteiger partial charge in [0.25, 0.3) is 0 Å². The number of hydrogen-bond acceptors (Lipinski definition) is 5. The van der Waals surface area contributed by atoms with Gasteiger partial charge < -0.3 is 20.1 Å². The van der Waals surface area contributed by atoms with E-state index in [1.54, 1.807) is 11.8 Å². The van der Waals surface area contributed by atoms with E-state index in [1.165, 1.54) is 38.5 Å². The molecule has 0 amide bonds. The van der Waals surface area contributed by atoms with Gasteiger partial charge in [0.1, 0.15) is 18.3 Å². The maximum Gasteiger partial charge on any atom is 0.111 e. The van der Waals surface area contributed by atoms with Crippen LogP contribution in [0.4, 0.5) is 0 Å². The van der Waals surface area contributed by atoms with Gasteiger partial charge >= 0.3 is 0 Å². The van der Waals surface area contributed by atoms with Gasteiger partial charge in [0.15, 0.2) is 0 Å². The van der Waals surface area contributed by atoms with Crippen molar-refractivity contribution in [2.75, 3.05) is 18.1 Å². The Kier molecular flexibility index (Phi) is 9.07. The number of hydrogen-bond donors (Lipinski definition) is 3. The quantitative estimate of drug-likeness (QED) is 0.533. The molecule has 1 heterocycles. The Hall–Kier alpha value is 0.190. The number of rotatable bonds is 10. The maximum absolute atomic E-state index is 9.76. The van der Waals surface area contributed by atoms with Gasteiger partial charge in [-0.1, -0.05) is 39.0 Å². The molecule has 0 aromatic heterocycles. The van der Waals surface area contributed by atoms with Crippen LogP contribution in [0.2, 0.25) is 0 Å². The number of aliphatic hydroxyl groups excluding tert-OH is 3. The highest BCUT2D eigenvalue weighted by atomic mass is 32.2. The van der Waals surface area contributed by atoms with Gasteiger partial charge in [-0.25, -0.2) is 0 Å². The minimum absolute atomic E-state index is 0.239. The van der Waals surface area contributed by atoms with Crippen LogP contribution in [0.25, 0.3) is 0 Å². The van der Waals surface area contributed by atoms with Gasteiger partial charge in [0.05, 0.1) is 12.7 Å². The number of unbranched alkanes of at least 4 members (excludes halogenated alkanes) is 5. The van der Waals surface area contributed by atoms with E-state index >= 15 is 0 Å². The molecule has 0 aromatic rings. The first-order valence-corrected chi connectivity index (χ1v) is 8.56. The van der Waals surface area contributed by atoms with Gasteiger partial charge in [-0.05, 0) is 12.2 Å². The van der Waals surface area contributed by atoms with Crippen molar-refractivity contribution < 1.29 is 20.1 Å². The van der Waals surface area contributed by atoms with E-state index < -0.39 is 18.3 Å². The summed E-state index contributed by atoms with van der Waals surface area (Å²) >= 11 is 1.75. The molecule has 1 aliphatic heterocycles. The summed E-state index contributed by atoms with van der Waals surface area (Å²) in [6.45, 7) is 1.98. The van der Waals surface area contributed by atoms with E-state index in [0.29, 0.717) is 5.75 Å². The summed E-state index contributed by atoms with van der Waals surface area (Å²) in [5, 5.41) is 28.3. The first-order chi connectivity index (χ1) is 9.20. The smallest absolute Gasteiger partial charge is 0.111 e. The number of ether oxygens (including phenoxy) is 1. The van der Waals surface area contributed by atoms with Crippen LogP contribution in [-0.2, 0) is 4.74 Å². The van der Waals surface area contributed by atoms with Crippen LogP contribution < -0.4 is 0 Å². The van der Waals surface area contributed by atoms with Crippen LogP contribution in [0, 0.1) is 0 Å². The summed E-state index contributed by atoms with van der Waals surface area (Å²) in [5.74, 6) is 1.75. The Labute approximate surface area is 120 Å². The molecule has 114 valence electrons. The van der Waals surface area contributed by atoms with Crippen LogP contribution >= 0.6 is 11.8 Å². The zero-order chi connectivity index (χ0) is 14.1. The molecule has 0 spiro atoms. The van der Waals surface area contributed by atoms with Gasteiger partial charge in [0, 0.05) is 5.75 Å². The lowest BCUT2D eigenvalue weighted by Gasteiger charge is -2.13. The number of thioether (sulfide) groups is 1. The molecule has 0 bridgehead atoms. The van der Waals surface area contributed by atoms with Crippen LogP contribution in [0.1, 0.15) is 45.4 Å². The summed E-state index contributed by atoms with van der Waals surface area (Å²) in [6, 6.07) is 0. The van der Waals surface area contributed by atoms with E-state index in [-0.39, 0.29) is 12.7 Å². The fourth-order valence-electron chi connectivity index (χ4n) is 2.30. The average Bonchev–Trinajstić information content (AvgIpc) is 2.69. The minimum atomic E-state index is -0.954. The summed E-state index contributed by atoms with van der Waals surface area (Å²) in [4.78, 5) is 0. The molecule has 19 heavy (non-hydrogen) atoms. The van der Waals surface area contributed by atoms with Crippen molar-refractivity contribution >= 4 is 11.8 Å². The van der Waals surface area contributed by atoms with Crippen molar-refractivity contribution in [2.24, 2.45) is 0 Å². The molecule has 1 aliphatic rings. The van der Waals surface area contributed by atoms with E-state index in [9.17, 15) is 10.2 Å². The van der Waals surface area contributed by atoms with E-state index in [2.05, 4.69) is 6.92 Å². The molecule has 0 saturated carbocycles. The molecule has 0 aromatic carbocycles. The first-order valence-electron chi connectivity index (χ1n) is 7.40.